The van der Waals surface area contributed by atoms with Crippen LogP contribution >= 0.6 is 11.3 Å². The summed E-state index contributed by atoms with van der Waals surface area (Å²) in [5, 5.41) is 12.5. The van der Waals surface area contributed by atoms with Crippen LogP contribution in [0.1, 0.15) is 0 Å². The molecule has 0 fully saturated rings. The molecule has 0 aliphatic rings. The summed E-state index contributed by atoms with van der Waals surface area (Å²) in [6.45, 7) is 0. The van der Waals surface area contributed by atoms with Crippen LogP contribution in [0.3, 0.4) is 0 Å². The quantitative estimate of drug-likeness (QED) is 0.199. The maximum atomic E-state index is 6.13. The summed E-state index contributed by atoms with van der Waals surface area (Å²) >= 11 is 1.88. The molecular weight excluding hydrogens is 571 g/mol. The number of fused-ring (bicyclic) bond motifs is 5. The smallest absolute Gasteiger partial charge is 0.248 e. The molecule has 3 heterocycles. The Labute approximate surface area is 263 Å². The first-order valence-electron chi connectivity index (χ1n) is 14.9. The molecular formula is C40H25N3OS. The number of hydrogen-bond donors (Lipinski definition) is 0. The van der Waals surface area contributed by atoms with Crippen LogP contribution in [0.25, 0.3) is 82.1 Å². The topological polar surface area (TPSA) is 43.9 Å². The van der Waals surface area contributed by atoms with E-state index in [0.717, 1.165) is 27.8 Å². The van der Waals surface area contributed by atoms with Crippen LogP contribution < -0.4 is 0 Å². The third kappa shape index (κ3) is 4.20. The normalized spacial score (nSPS) is 11.6. The van der Waals surface area contributed by atoms with Crippen LogP contribution in [-0.4, -0.2) is 14.8 Å². The molecule has 45 heavy (non-hydrogen) atoms. The van der Waals surface area contributed by atoms with E-state index in [-0.39, 0.29) is 0 Å². The van der Waals surface area contributed by atoms with E-state index in [0.29, 0.717) is 11.8 Å². The molecule has 0 aliphatic carbocycles. The van der Waals surface area contributed by atoms with E-state index < -0.39 is 0 Å². The molecule has 0 spiro atoms. The summed E-state index contributed by atoms with van der Waals surface area (Å²) in [7, 11) is 0. The maximum absolute atomic E-state index is 6.13. The predicted molar refractivity (Wildman–Crippen MR) is 186 cm³/mol. The summed E-state index contributed by atoms with van der Waals surface area (Å²) in [5.41, 5.74) is 8.89. The third-order valence-electron chi connectivity index (χ3n) is 8.39. The minimum atomic E-state index is 0.497. The molecule has 0 aliphatic heterocycles. The second-order valence-corrected chi connectivity index (χ2v) is 12.1. The van der Waals surface area contributed by atoms with Gasteiger partial charge in [-0.2, -0.15) is 0 Å². The van der Waals surface area contributed by atoms with Crippen LogP contribution in [0.15, 0.2) is 156 Å². The van der Waals surface area contributed by atoms with E-state index in [2.05, 4.69) is 130 Å². The molecule has 4 nitrogen and oxygen atoms in total. The Hall–Kier alpha value is -5.78. The Bertz CT molecular complexity index is 2470. The Balaban J connectivity index is 1.28. The average Bonchev–Trinajstić information content (AvgIpc) is 3.84. The first kappa shape index (κ1) is 25.7. The summed E-state index contributed by atoms with van der Waals surface area (Å²) in [4.78, 5) is 1.29. The third-order valence-corrected chi connectivity index (χ3v) is 9.66. The van der Waals surface area contributed by atoms with E-state index in [4.69, 9.17) is 4.42 Å². The fourth-order valence-electron chi connectivity index (χ4n) is 6.38. The molecule has 0 amide bonds. The second kappa shape index (κ2) is 10.4. The van der Waals surface area contributed by atoms with Crippen LogP contribution in [0.2, 0.25) is 0 Å². The predicted octanol–water partition coefficient (Wildman–Crippen LogP) is 11.0. The molecule has 9 aromatic rings. The van der Waals surface area contributed by atoms with Crippen molar-refractivity contribution in [3.63, 3.8) is 0 Å². The van der Waals surface area contributed by atoms with Gasteiger partial charge in [-0.25, -0.2) is 0 Å². The molecule has 3 aromatic heterocycles. The van der Waals surface area contributed by atoms with Crippen molar-refractivity contribution in [1.29, 1.82) is 0 Å². The average molecular weight is 596 g/mol. The molecule has 212 valence electrons. The van der Waals surface area contributed by atoms with Crippen LogP contribution in [-0.2, 0) is 0 Å². The van der Waals surface area contributed by atoms with Crippen molar-refractivity contribution >= 4 is 43.2 Å². The maximum Gasteiger partial charge on any atom is 0.248 e. The van der Waals surface area contributed by atoms with Gasteiger partial charge in [-0.3, -0.25) is 0 Å². The zero-order valence-electron chi connectivity index (χ0n) is 24.1. The van der Waals surface area contributed by atoms with Crippen LogP contribution in [0.4, 0.5) is 0 Å². The van der Waals surface area contributed by atoms with E-state index in [1.54, 1.807) is 0 Å². The van der Waals surface area contributed by atoms with E-state index in [1.807, 2.05) is 47.7 Å². The molecule has 0 saturated carbocycles. The van der Waals surface area contributed by atoms with Gasteiger partial charge in [-0.1, -0.05) is 109 Å². The Morgan fingerprint density at radius 3 is 1.87 bits per heavy atom. The minimum absolute atomic E-state index is 0.497. The largest absolute Gasteiger partial charge is 0.416 e. The molecule has 0 unspecified atom stereocenters. The van der Waals surface area contributed by atoms with Crippen molar-refractivity contribution in [3.05, 3.63) is 152 Å². The Morgan fingerprint density at radius 2 is 1.11 bits per heavy atom. The van der Waals surface area contributed by atoms with Crippen LogP contribution in [0, 0.1) is 0 Å². The van der Waals surface area contributed by atoms with Crippen molar-refractivity contribution in [2.45, 2.75) is 0 Å². The highest BCUT2D eigenvalue weighted by atomic mass is 32.1. The van der Waals surface area contributed by atoms with E-state index in [9.17, 15) is 0 Å². The highest BCUT2D eigenvalue weighted by Crippen LogP contribution is 2.49. The SMILES string of the molecule is c1ccc(-c2nnc(-c3cccc(-n4c5ccccc5c5c6sc(-c7ccccc7)c(-c7ccccc7)c6ccc54)c3)o2)cc1. The van der Waals surface area contributed by atoms with Gasteiger partial charge >= 0.3 is 0 Å². The molecule has 9 rings (SSSR count). The first-order valence-corrected chi connectivity index (χ1v) is 15.7. The van der Waals surface area contributed by atoms with E-state index >= 15 is 0 Å². The van der Waals surface area contributed by atoms with Gasteiger partial charge in [0, 0.05) is 48.1 Å². The van der Waals surface area contributed by atoms with Gasteiger partial charge in [0.25, 0.3) is 0 Å². The number of aromatic nitrogens is 3. The molecule has 0 saturated heterocycles. The highest BCUT2D eigenvalue weighted by molar-refractivity contribution is 7.24. The zero-order chi connectivity index (χ0) is 29.7. The number of benzene rings is 6. The first-order chi connectivity index (χ1) is 22.3. The lowest BCUT2D eigenvalue weighted by Gasteiger charge is -2.09. The minimum Gasteiger partial charge on any atom is -0.416 e. The molecule has 5 heteroatoms. The summed E-state index contributed by atoms with van der Waals surface area (Å²) in [6.07, 6.45) is 0. The molecule has 6 aromatic carbocycles. The van der Waals surface area contributed by atoms with Gasteiger partial charge in [0.1, 0.15) is 0 Å². The molecule has 0 atom stereocenters. The fourth-order valence-corrected chi connectivity index (χ4v) is 7.77. The van der Waals surface area contributed by atoms with Gasteiger partial charge in [0.05, 0.1) is 11.0 Å². The standard InChI is InChI=1S/C40H25N3OS/c1-4-13-26(14-5-1)35-32-23-24-34-36(38(32)45-37(35)27-15-6-2-7-16-27)31-21-10-11-22-33(31)43(34)30-20-12-19-29(25-30)40-42-41-39(44-40)28-17-8-3-9-18-28/h1-25H. The Kier molecular flexibility index (Phi) is 5.96. The number of thiophene rings is 1. The molecule has 0 bridgehead atoms. The van der Waals surface area contributed by atoms with Crippen molar-refractivity contribution in [2.24, 2.45) is 0 Å². The lowest BCUT2D eigenvalue weighted by atomic mass is 9.98. The van der Waals surface area contributed by atoms with E-state index in [1.165, 1.54) is 42.4 Å². The monoisotopic (exact) mass is 595 g/mol. The van der Waals surface area contributed by atoms with Gasteiger partial charge in [-0.15, -0.1) is 21.5 Å². The lowest BCUT2D eigenvalue weighted by molar-refractivity contribution is 0.584. The second-order valence-electron chi connectivity index (χ2n) is 11.1. The van der Waals surface area contributed by atoms with Crippen molar-refractivity contribution < 1.29 is 4.42 Å². The molecule has 0 N–H and O–H groups in total. The highest BCUT2D eigenvalue weighted by Gasteiger charge is 2.22. The van der Waals surface area contributed by atoms with Crippen molar-refractivity contribution in [3.8, 4) is 50.2 Å². The van der Waals surface area contributed by atoms with Gasteiger partial charge in [0.15, 0.2) is 0 Å². The number of nitrogens with zero attached hydrogens (tertiary/aromatic N) is 3. The number of rotatable bonds is 5. The van der Waals surface area contributed by atoms with Crippen molar-refractivity contribution in [2.75, 3.05) is 0 Å². The number of para-hydroxylation sites is 1. The molecule has 0 radical (unpaired) electrons. The summed E-state index contributed by atoms with van der Waals surface area (Å²) in [6, 6.07) is 53.0. The van der Waals surface area contributed by atoms with Crippen molar-refractivity contribution in [1.82, 2.24) is 14.8 Å². The summed E-state index contributed by atoms with van der Waals surface area (Å²) < 4.78 is 9.78. The fraction of sp³-hybridized carbons (Fsp3) is 0. The van der Waals surface area contributed by atoms with Gasteiger partial charge in [-0.05, 0) is 53.6 Å². The lowest BCUT2D eigenvalue weighted by Crippen LogP contribution is -1.94. The number of hydrogen-bond acceptors (Lipinski definition) is 4. The summed E-state index contributed by atoms with van der Waals surface area (Å²) in [5.74, 6) is 1.01. The van der Waals surface area contributed by atoms with Gasteiger partial charge < -0.3 is 8.98 Å². The Morgan fingerprint density at radius 1 is 0.489 bits per heavy atom. The zero-order valence-corrected chi connectivity index (χ0v) is 24.9. The van der Waals surface area contributed by atoms with Crippen LogP contribution in [0.5, 0.6) is 0 Å². The van der Waals surface area contributed by atoms with Gasteiger partial charge in [0.2, 0.25) is 11.8 Å².